The summed E-state index contributed by atoms with van der Waals surface area (Å²) in [7, 11) is 0. The molecule has 0 spiro atoms. The summed E-state index contributed by atoms with van der Waals surface area (Å²) in [4.78, 5) is 26.4. The number of aromatic nitrogens is 2. The maximum absolute atomic E-state index is 12.4. The summed E-state index contributed by atoms with van der Waals surface area (Å²) in [5, 5.41) is 21.6. The van der Waals surface area contributed by atoms with Crippen LogP contribution in [-0.4, -0.2) is 44.7 Å². The van der Waals surface area contributed by atoms with Gasteiger partial charge in [-0.05, 0) is 23.6 Å². The van der Waals surface area contributed by atoms with E-state index in [2.05, 4.69) is 4.98 Å². The molecule has 8 heteroatoms. The summed E-state index contributed by atoms with van der Waals surface area (Å²) in [5.41, 5.74) is 0.619. The van der Waals surface area contributed by atoms with Gasteiger partial charge in [0.2, 0.25) is 0 Å². The average molecular weight is 501 g/mol. The molecule has 4 atom stereocenters. The normalized spacial score (nSPS) is 21.7. The molecule has 1 aliphatic rings. The minimum atomic E-state index is -1.41. The van der Waals surface area contributed by atoms with Gasteiger partial charge in [-0.2, -0.15) is 0 Å². The van der Waals surface area contributed by atoms with Crippen LogP contribution < -0.4 is 11.2 Å². The Morgan fingerprint density at radius 1 is 0.838 bits per heavy atom. The third-order valence-electron chi connectivity index (χ3n) is 6.76. The largest absolute Gasteiger partial charge is 0.387 e. The van der Waals surface area contributed by atoms with Gasteiger partial charge in [-0.25, -0.2) is 4.79 Å². The minimum Gasteiger partial charge on any atom is -0.387 e. The molecule has 190 valence electrons. The van der Waals surface area contributed by atoms with E-state index in [0.717, 1.165) is 21.3 Å². The van der Waals surface area contributed by atoms with Crippen molar-refractivity contribution < 1.29 is 19.7 Å². The number of aromatic amines is 1. The zero-order valence-corrected chi connectivity index (χ0v) is 20.2. The quantitative estimate of drug-likeness (QED) is 0.336. The highest BCUT2D eigenvalue weighted by molar-refractivity contribution is 5.47. The highest BCUT2D eigenvalue weighted by Crippen LogP contribution is 2.41. The molecule has 1 saturated heterocycles. The molecule has 1 fully saturated rings. The Balaban J connectivity index is 1.53. The Bertz CT molecular complexity index is 1360. The number of aryl methyl sites for hydroxylation is 1. The zero-order chi connectivity index (χ0) is 26.0. The number of aliphatic hydroxyl groups is 2. The number of benzene rings is 3. The molecule has 0 radical (unpaired) electrons. The summed E-state index contributed by atoms with van der Waals surface area (Å²) < 4.78 is 13.8. The standard InChI is InChI=1S/C29H28N2O6/c1-19-17-31(28(35)30-26(19)34)27-25(33)24(32)23(37-27)18-36-29(20-11-5-2-6-12-20,21-13-7-3-8-14-21)22-15-9-4-10-16-22/h2-17,23-25,27,32-33H,18H2,1H3,(H,30,34,35)/t23-,24-,25+,27-/m0/s1. The second kappa shape index (κ2) is 10.3. The molecule has 0 bridgehead atoms. The van der Waals surface area contributed by atoms with E-state index in [1.165, 1.54) is 6.20 Å². The maximum Gasteiger partial charge on any atom is 0.330 e. The van der Waals surface area contributed by atoms with Gasteiger partial charge in [0.05, 0.1) is 6.61 Å². The molecule has 8 nitrogen and oxygen atoms in total. The third-order valence-corrected chi connectivity index (χ3v) is 6.76. The molecular weight excluding hydrogens is 472 g/mol. The fraction of sp³-hybridized carbons (Fsp3) is 0.241. The average Bonchev–Trinajstić information content (AvgIpc) is 3.21. The van der Waals surface area contributed by atoms with Crippen LogP contribution in [0.5, 0.6) is 0 Å². The molecule has 0 saturated carbocycles. The SMILES string of the molecule is Cc1cn([C@H]2O[C@@H](COC(c3ccccc3)(c3ccccc3)c3ccccc3)[C@H](O)[C@H]2O)c(=O)[nH]c1=O. The van der Waals surface area contributed by atoms with Crippen molar-refractivity contribution in [3.63, 3.8) is 0 Å². The predicted octanol–water partition coefficient (Wildman–Crippen LogP) is 2.47. The fourth-order valence-corrected chi connectivity index (χ4v) is 4.85. The maximum atomic E-state index is 12.4. The molecule has 1 aromatic heterocycles. The van der Waals surface area contributed by atoms with Crippen LogP contribution in [0.1, 0.15) is 28.5 Å². The molecule has 1 aliphatic heterocycles. The molecule has 37 heavy (non-hydrogen) atoms. The van der Waals surface area contributed by atoms with E-state index in [9.17, 15) is 19.8 Å². The fourth-order valence-electron chi connectivity index (χ4n) is 4.85. The van der Waals surface area contributed by atoms with E-state index in [1.807, 2.05) is 91.0 Å². The van der Waals surface area contributed by atoms with Crippen LogP contribution in [0.15, 0.2) is 107 Å². The first kappa shape index (κ1) is 24.9. The van der Waals surface area contributed by atoms with Gasteiger partial charge >= 0.3 is 5.69 Å². The second-order valence-electron chi connectivity index (χ2n) is 9.12. The Morgan fingerprint density at radius 3 is 1.81 bits per heavy atom. The molecule has 0 unspecified atom stereocenters. The van der Waals surface area contributed by atoms with Crippen molar-refractivity contribution in [2.45, 2.75) is 37.1 Å². The van der Waals surface area contributed by atoms with Gasteiger partial charge in [-0.3, -0.25) is 14.3 Å². The number of ether oxygens (including phenoxy) is 2. The van der Waals surface area contributed by atoms with Crippen LogP contribution in [0, 0.1) is 6.92 Å². The van der Waals surface area contributed by atoms with E-state index < -0.39 is 41.4 Å². The summed E-state index contributed by atoms with van der Waals surface area (Å²) in [6.45, 7) is 1.45. The van der Waals surface area contributed by atoms with Gasteiger partial charge in [-0.1, -0.05) is 91.0 Å². The smallest absolute Gasteiger partial charge is 0.330 e. The molecule has 2 heterocycles. The van der Waals surface area contributed by atoms with E-state index in [1.54, 1.807) is 6.92 Å². The molecule has 3 aromatic carbocycles. The van der Waals surface area contributed by atoms with Crippen molar-refractivity contribution in [1.29, 1.82) is 0 Å². The van der Waals surface area contributed by atoms with Crippen LogP contribution in [-0.2, 0) is 15.1 Å². The highest BCUT2D eigenvalue weighted by atomic mass is 16.6. The van der Waals surface area contributed by atoms with Gasteiger partial charge in [0, 0.05) is 11.8 Å². The summed E-state index contributed by atoms with van der Waals surface area (Å²) in [6.07, 6.45) is -3.56. The number of hydrogen-bond donors (Lipinski definition) is 3. The Labute approximate surface area is 213 Å². The molecule has 3 N–H and O–H groups in total. The molecule has 4 aromatic rings. The minimum absolute atomic E-state index is 0.0928. The number of nitrogens with zero attached hydrogens (tertiary/aromatic N) is 1. The van der Waals surface area contributed by atoms with Crippen LogP contribution in [0.4, 0.5) is 0 Å². The highest BCUT2D eigenvalue weighted by Gasteiger charge is 2.46. The van der Waals surface area contributed by atoms with Crippen LogP contribution in [0.25, 0.3) is 0 Å². The first-order valence-corrected chi connectivity index (χ1v) is 12.1. The zero-order valence-electron chi connectivity index (χ0n) is 20.2. The summed E-state index contributed by atoms with van der Waals surface area (Å²) in [5.74, 6) is 0. The Hall–Kier alpha value is -3.82. The van der Waals surface area contributed by atoms with E-state index >= 15 is 0 Å². The molecule has 5 rings (SSSR count). The molecule has 0 amide bonds. The first-order valence-electron chi connectivity index (χ1n) is 12.1. The van der Waals surface area contributed by atoms with Crippen molar-refractivity contribution >= 4 is 0 Å². The predicted molar refractivity (Wildman–Crippen MR) is 137 cm³/mol. The Morgan fingerprint density at radius 2 is 1.32 bits per heavy atom. The van der Waals surface area contributed by atoms with E-state index in [-0.39, 0.29) is 12.2 Å². The number of H-pyrrole nitrogens is 1. The number of hydrogen-bond acceptors (Lipinski definition) is 6. The van der Waals surface area contributed by atoms with Crippen molar-refractivity contribution in [1.82, 2.24) is 9.55 Å². The van der Waals surface area contributed by atoms with Crippen LogP contribution in [0.2, 0.25) is 0 Å². The second-order valence-corrected chi connectivity index (χ2v) is 9.12. The van der Waals surface area contributed by atoms with Crippen LogP contribution >= 0.6 is 0 Å². The van der Waals surface area contributed by atoms with Gasteiger partial charge in [0.15, 0.2) is 6.23 Å². The molecule has 0 aliphatic carbocycles. The van der Waals surface area contributed by atoms with E-state index in [4.69, 9.17) is 9.47 Å². The summed E-state index contributed by atoms with van der Waals surface area (Å²) >= 11 is 0. The van der Waals surface area contributed by atoms with Gasteiger partial charge in [-0.15, -0.1) is 0 Å². The van der Waals surface area contributed by atoms with Crippen molar-refractivity contribution in [3.8, 4) is 0 Å². The third kappa shape index (κ3) is 4.56. The van der Waals surface area contributed by atoms with Gasteiger partial charge < -0.3 is 19.7 Å². The lowest BCUT2D eigenvalue weighted by atomic mass is 9.80. The lowest BCUT2D eigenvalue weighted by Crippen LogP contribution is -2.40. The molecular formula is C29H28N2O6. The van der Waals surface area contributed by atoms with Crippen molar-refractivity contribution in [2.24, 2.45) is 0 Å². The van der Waals surface area contributed by atoms with Crippen molar-refractivity contribution in [3.05, 3.63) is 140 Å². The lowest BCUT2D eigenvalue weighted by Gasteiger charge is -2.37. The number of rotatable bonds is 7. The first-order chi connectivity index (χ1) is 17.9. The number of aliphatic hydroxyl groups excluding tert-OH is 2. The lowest BCUT2D eigenvalue weighted by molar-refractivity contribution is -0.0959. The van der Waals surface area contributed by atoms with Gasteiger partial charge in [0.1, 0.15) is 23.9 Å². The Kier molecular flexibility index (Phi) is 6.90. The summed E-state index contributed by atoms with van der Waals surface area (Å²) in [6, 6.07) is 29.3. The number of nitrogens with one attached hydrogen (secondary N) is 1. The van der Waals surface area contributed by atoms with Crippen LogP contribution in [0.3, 0.4) is 0 Å². The van der Waals surface area contributed by atoms with Gasteiger partial charge in [0.25, 0.3) is 5.56 Å². The van der Waals surface area contributed by atoms with Crippen molar-refractivity contribution in [2.75, 3.05) is 6.61 Å². The monoisotopic (exact) mass is 500 g/mol. The topological polar surface area (TPSA) is 114 Å². The van der Waals surface area contributed by atoms with E-state index in [0.29, 0.717) is 0 Å².